The van der Waals surface area contributed by atoms with Crippen LogP contribution in [0.1, 0.15) is 16.7 Å². The second-order valence-corrected chi connectivity index (χ2v) is 8.42. The Morgan fingerprint density at radius 3 is 2.15 bits per heavy atom. The Bertz CT molecular complexity index is 899. The van der Waals surface area contributed by atoms with E-state index in [0.717, 1.165) is 27.8 Å². The zero-order chi connectivity index (χ0) is 20.4. The second-order valence-electron chi connectivity index (χ2n) is 5.87. The van der Waals surface area contributed by atoms with Gasteiger partial charge in [0.15, 0.2) is 0 Å². The topological polar surface area (TPSA) is 40.6 Å². The summed E-state index contributed by atoms with van der Waals surface area (Å²) in [6.45, 7) is -0.855. The van der Waals surface area contributed by atoms with Crippen LogP contribution in [0.2, 0.25) is 5.02 Å². The molecule has 0 aromatic heterocycles. The highest BCUT2D eigenvalue weighted by Gasteiger charge is 2.34. The third-order valence-electron chi connectivity index (χ3n) is 3.95. The summed E-state index contributed by atoms with van der Waals surface area (Å²) < 4.78 is 80.0. The molecule has 10 heteroatoms. The van der Waals surface area contributed by atoms with Crippen LogP contribution in [0.25, 0.3) is 0 Å². The monoisotopic (exact) mass is 424 g/mol. The van der Waals surface area contributed by atoms with Gasteiger partial charge in [0.2, 0.25) is 0 Å². The number of rotatable bonds is 6. The molecular weight excluding hydrogens is 408 g/mol. The lowest BCUT2D eigenvalue weighted by Crippen LogP contribution is -2.39. The molecule has 0 saturated heterocycles. The van der Waals surface area contributed by atoms with Gasteiger partial charge in [-0.2, -0.15) is 30.2 Å². The third kappa shape index (κ3) is 4.98. The molecule has 0 aliphatic carbocycles. The first-order valence-electron chi connectivity index (χ1n) is 7.70. The summed E-state index contributed by atoms with van der Waals surface area (Å²) in [6.07, 6.45) is -4.60. The molecule has 0 radical (unpaired) electrons. The lowest BCUT2D eigenvalue weighted by Gasteiger charge is -2.26. The van der Waals surface area contributed by atoms with E-state index in [1.54, 1.807) is 0 Å². The van der Waals surface area contributed by atoms with Gasteiger partial charge >= 0.3 is 6.18 Å². The van der Waals surface area contributed by atoms with Crippen LogP contribution in [0.15, 0.2) is 42.5 Å². The summed E-state index contributed by atoms with van der Waals surface area (Å²) in [6, 6.07) is 8.67. The van der Waals surface area contributed by atoms with Gasteiger partial charge < -0.3 is 0 Å². The summed E-state index contributed by atoms with van der Waals surface area (Å²) in [5.74, 6) is -0.672. The molecule has 0 unspecified atom stereocenters. The molecule has 2 rings (SSSR count). The van der Waals surface area contributed by atoms with Crippen LogP contribution in [0.5, 0.6) is 0 Å². The van der Waals surface area contributed by atoms with E-state index in [1.165, 1.54) is 37.4 Å². The summed E-state index contributed by atoms with van der Waals surface area (Å²) in [4.78, 5) is 0. The maximum atomic E-state index is 13.9. The lowest BCUT2D eigenvalue weighted by atomic mass is 10.1. The Kier molecular flexibility index (Phi) is 6.51. The van der Waals surface area contributed by atoms with E-state index in [0.29, 0.717) is 0 Å². The average molecular weight is 425 g/mol. The van der Waals surface area contributed by atoms with Crippen LogP contribution < -0.4 is 0 Å². The Hall–Kier alpha value is -1.68. The van der Waals surface area contributed by atoms with Crippen LogP contribution >= 0.6 is 11.6 Å². The number of hydrogen-bond donors (Lipinski definition) is 0. The van der Waals surface area contributed by atoms with Gasteiger partial charge in [-0.3, -0.25) is 0 Å². The van der Waals surface area contributed by atoms with Crippen LogP contribution in [0, 0.1) is 5.82 Å². The number of halogens is 5. The zero-order valence-corrected chi connectivity index (χ0v) is 16.0. The Balaban J connectivity index is 2.24. The fourth-order valence-electron chi connectivity index (χ4n) is 2.48. The minimum Gasteiger partial charge on any atom is -0.207 e. The Morgan fingerprint density at radius 1 is 0.963 bits per heavy atom. The van der Waals surface area contributed by atoms with Crippen molar-refractivity contribution in [3.05, 3.63) is 70.0 Å². The molecule has 0 saturated carbocycles. The quantitative estimate of drug-likeness (QED) is 0.648. The highest BCUT2D eigenvalue weighted by Crippen LogP contribution is 2.32. The van der Waals surface area contributed by atoms with Gasteiger partial charge in [0, 0.05) is 37.8 Å². The number of alkyl halides is 3. The number of hydrogen-bond acceptors (Lipinski definition) is 2. The molecular formula is C17H17ClF4N2O2S. The SMILES string of the molecule is CN(Cc1ccccc1C(F)(F)F)S(=O)(=O)N(C)Cc1c(F)cccc1Cl. The van der Waals surface area contributed by atoms with Crippen LogP contribution in [0.3, 0.4) is 0 Å². The van der Waals surface area contributed by atoms with Crippen LogP contribution in [-0.4, -0.2) is 31.1 Å². The Morgan fingerprint density at radius 2 is 1.56 bits per heavy atom. The highest BCUT2D eigenvalue weighted by molar-refractivity contribution is 7.86. The van der Waals surface area contributed by atoms with Gasteiger partial charge in [-0.25, -0.2) is 4.39 Å². The van der Waals surface area contributed by atoms with E-state index in [4.69, 9.17) is 11.6 Å². The maximum absolute atomic E-state index is 13.9. The molecule has 0 aliphatic heterocycles. The predicted molar refractivity (Wildman–Crippen MR) is 94.7 cm³/mol. The van der Waals surface area contributed by atoms with E-state index in [2.05, 4.69) is 0 Å². The van der Waals surface area contributed by atoms with Crippen molar-refractivity contribution in [1.82, 2.24) is 8.61 Å². The van der Waals surface area contributed by atoms with Crippen molar-refractivity contribution >= 4 is 21.8 Å². The minimum atomic E-state index is -4.60. The molecule has 0 bridgehead atoms. The Labute approximate surface area is 160 Å². The third-order valence-corrected chi connectivity index (χ3v) is 6.13. The largest absolute Gasteiger partial charge is 0.416 e. The van der Waals surface area contributed by atoms with E-state index in [1.807, 2.05) is 0 Å². The molecule has 0 spiro atoms. The summed E-state index contributed by atoms with van der Waals surface area (Å²) in [7, 11) is -1.80. The average Bonchev–Trinajstić information content (AvgIpc) is 2.57. The van der Waals surface area contributed by atoms with E-state index >= 15 is 0 Å². The smallest absolute Gasteiger partial charge is 0.207 e. The van der Waals surface area contributed by atoms with Gasteiger partial charge in [0.25, 0.3) is 10.2 Å². The van der Waals surface area contributed by atoms with Gasteiger partial charge in [0.1, 0.15) is 5.82 Å². The summed E-state index contributed by atoms with van der Waals surface area (Å²) >= 11 is 5.90. The molecule has 27 heavy (non-hydrogen) atoms. The van der Waals surface area contributed by atoms with Crippen LogP contribution in [-0.2, 0) is 29.5 Å². The van der Waals surface area contributed by atoms with Crippen molar-refractivity contribution in [3.8, 4) is 0 Å². The van der Waals surface area contributed by atoms with Crippen molar-refractivity contribution in [2.45, 2.75) is 19.3 Å². The molecule has 0 fully saturated rings. The summed E-state index contributed by atoms with van der Waals surface area (Å²) in [5, 5.41) is 0.0575. The zero-order valence-electron chi connectivity index (χ0n) is 14.5. The van der Waals surface area contributed by atoms with E-state index in [9.17, 15) is 26.0 Å². The lowest BCUT2D eigenvalue weighted by molar-refractivity contribution is -0.138. The maximum Gasteiger partial charge on any atom is 0.416 e. The fraction of sp³-hybridized carbons (Fsp3) is 0.294. The second kappa shape index (κ2) is 8.14. The standard InChI is InChI=1S/C17H17ClF4N2O2S/c1-23(10-12-6-3-4-7-14(12)17(20,21)22)27(25,26)24(2)11-13-15(18)8-5-9-16(13)19/h3-9H,10-11H2,1-2H3. The molecule has 0 heterocycles. The normalized spacial score (nSPS) is 12.8. The van der Waals surface area contributed by atoms with Crippen molar-refractivity contribution < 1.29 is 26.0 Å². The van der Waals surface area contributed by atoms with E-state index < -0.39 is 34.3 Å². The fourth-order valence-corrected chi connectivity index (χ4v) is 3.77. The number of nitrogens with zero attached hydrogens (tertiary/aromatic N) is 2. The van der Waals surface area contributed by atoms with Crippen molar-refractivity contribution in [2.24, 2.45) is 0 Å². The molecule has 4 nitrogen and oxygen atoms in total. The van der Waals surface area contributed by atoms with Gasteiger partial charge in [0.05, 0.1) is 5.56 Å². The highest BCUT2D eigenvalue weighted by atomic mass is 35.5. The summed E-state index contributed by atoms with van der Waals surface area (Å²) in [5.41, 5.74) is -1.12. The molecule has 0 aliphatic rings. The first kappa shape index (κ1) is 21.6. The first-order valence-corrected chi connectivity index (χ1v) is 9.47. The molecule has 0 amide bonds. The van der Waals surface area contributed by atoms with Crippen molar-refractivity contribution in [3.63, 3.8) is 0 Å². The van der Waals surface area contributed by atoms with Gasteiger partial charge in [-0.1, -0.05) is 35.9 Å². The predicted octanol–water partition coefficient (Wildman–Crippen LogP) is 4.31. The van der Waals surface area contributed by atoms with Gasteiger partial charge in [-0.15, -0.1) is 0 Å². The molecule has 0 atom stereocenters. The van der Waals surface area contributed by atoms with Crippen LogP contribution in [0.4, 0.5) is 17.6 Å². The molecule has 0 N–H and O–H groups in total. The minimum absolute atomic E-state index is 0.0191. The molecule has 148 valence electrons. The van der Waals surface area contributed by atoms with Crippen molar-refractivity contribution in [1.29, 1.82) is 0 Å². The number of benzene rings is 2. The molecule has 2 aromatic carbocycles. The van der Waals surface area contributed by atoms with Gasteiger partial charge in [-0.05, 0) is 23.8 Å². The molecule has 2 aromatic rings. The van der Waals surface area contributed by atoms with E-state index in [-0.39, 0.29) is 22.7 Å². The first-order chi connectivity index (χ1) is 12.4. The van der Waals surface area contributed by atoms with Crippen molar-refractivity contribution in [2.75, 3.05) is 14.1 Å².